The molecule has 1 aromatic heterocycles. The van der Waals surface area contributed by atoms with Gasteiger partial charge in [-0.3, -0.25) is 84.2 Å². The number of carbonyl (C=O) groups is 14. The number of primary amides is 1. The number of nitrogens with zero attached hydrogens (tertiary/aromatic N) is 1. The number of aromatic hydroxyl groups is 2. The number of fused-ring (bicyclic) bond motifs is 1. The summed E-state index contributed by atoms with van der Waals surface area (Å²) in [6, 6.07) is -3.36. The van der Waals surface area contributed by atoms with E-state index in [1.54, 1.807) is 36.5 Å². The number of aliphatic imine (C=N–C) groups is 1. The van der Waals surface area contributed by atoms with E-state index in [4.69, 9.17) is 79.0 Å². The van der Waals surface area contributed by atoms with Crippen LogP contribution in [-0.4, -0.2) is 275 Å². The Balaban J connectivity index is 1.83. The number of aliphatic carboxylic acids is 1. The summed E-state index contributed by atoms with van der Waals surface area (Å²) >= 11 is 0. The summed E-state index contributed by atoms with van der Waals surface area (Å²) in [5, 5.41) is 109. The summed E-state index contributed by atoms with van der Waals surface area (Å²) < 4.78 is 0. The molecule has 0 aliphatic carbocycles. The molecule has 0 fully saturated rings. The summed E-state index contributed by atoms with van der Waals surface area (Å²) in [6.45, 7) is 1.69. The third kappa shape index (κ3) is 45.1. The van der Waals surface area contributed by atoms with E-state index in [1.807, 2.05) is 0 Å². The van der Waals surface area contributed by atoms with E-state index in [1.165, 1.54) is 61.5 Å². The number of hydrogen-bond acceptors (Lipinski definition) is 26. The maximum absolute atomic E-state index is 16.0. The molecule has 52 heteroatoms. The lowest BCUT2D eigenvalue weighted by atomic mass is 10.0. The number of urea groups is 1. The van der Waals surface area contributed by atoms with Gasteiger partial charge in [0.1, 0.15) is 78.0 Å². The molecular formula is C87H139N33O17S2. The number of guanidine groups is 5. The number of aromatic nitrogens is 1. The number of para-hydroxylation sites is 1. The van der Waals surface area contributed by atoms with Crippen LogP contribution >= 0.6 is 21.6 Å². The second kappa shape index (κ2) is 62.6. The van der Waals surface area contributed by atoms with E-state index < -0.39 is 209 Å². The number of hydrogen-bond donors (Lipinski definition) is 35. The molecule has 0 saturated heterocycles. The van der Waals surface area contributed by atoms with Gasteiger partial charge in [0.05, 0.1) is 12.0 Å². The molecule has 4 aromatic rings. The van der Waals surface area contributed by atoms with Crippen molar-refractivity contribution in [2.75, 3.05) is 63.9 Å². The van der Waals surface area contributed by atoms with E-state index >= 15 is 47.9 Å². The third-order valence-electron chi connectivity index (χ3n) is 21.9. The minimum absolute atomic E-state index is 0.00777. The molecular weight excluding hydrogens is 1840 g/mol. The number of carboxylic acids is 1. The number of phenols is 2. The molecule has 3 aromatic carbocycles. The first-order chi connectivity index (χ1) is 66.2. The van der Waals surface area contributed by atoms with Gasteiger partial charge in [-0.25, -0.2) is 9.59 Å². The molecule has 0 bridgehead atoms. The minimum atomic E-state index is -1.88. The summed E-state index contributed by atoms with van der Waals surface area (Å²) in [5.41, 5.74) is 58.9. The molecule has 766 valence electrons. The van der Waals surface area contributed by atoms with Gasteiger partial charge in [-0.05, 0) is 176 Å². The molecule has 1 unspecified atom stereocenters. The Morgan fingerprint density at radius 3 is 1.40 bits per heavy atom. The fourth-order valence-corrected chi connectivity index (χ4v) is 16.6. The fourth-order valence-electron chi connectivity index (χ4n) is 14.3. The van der Waals surface area contributed by atoms with Gasteiger partial charge in [0, 0.05) is 93.2 Å². The minimum Gasteiger partial charge on any atom is -0.508 e. The van der Waals surface area contributed by atoms with Gasteiger partial charge < -0.3 is 168 Å². The third-order valence-corrected chi connectivity index (χ3v) is 24.3. The number of carboxylic acid groups (broad SMARTS) is 1. The largest absolute Gasteiger partial charge is 0.508 e. The molecule has 14 amide bonds. The molecule has 0 saturated carbocycles. The zero-order valence-electron chi connectivity index (χ0n) is 77.8. The average molecular weight is 1980 g/mol. The number of carbonyl (C=O) groups excluding carboxylic acids is 13. The van der Waals surface area contributed by atoms with Gasteiger partial charge in [0.25, 0.3) is 0 Å². The first kappa shape index (κ1) is 115. The van der Waals surface area contributed by atoms with Gasteiger partial charge in [-0.2, -0.15) is 0 Å². The van der Waals surface area contributed by atoms with Crippen LogP contribution in [0.5, 0.6) is 11.5 Å². The highest BCUT2D eigenvalue weighted by molar-refractivity contribution is 8.76. The van der Waals surface area contributed by atoms with Gasteiger partial charge in [-0.1, -0.05) is 83.1 Å². The molecule has 2 heterocycles. The van der Waals surface area contributed by atoms with Gasteiger partial charge >= 0.3 is 12.0 Å². The van der Waals surface area contributed by atoms with Crippen molar-refractivity contribution in [3.8, 4) is 11.5 Å². The van der Waals surface area contributed by atoms with Crippen molar-refractivity contribution in [1.82, 2.24) is 95.4 Å². The summed E-state index contributed by atoms with van der Waals surface area (Å²) in [7, 11) is 1.49. The van der Waals surface area contributed by atoms with Crippen LogP contribution in [0.15, 0.2) is 96.1 Å². The monoisotopic (exact) mass is 1980 g/mol. The predicted molar refractivity (Wildman–Crippen MR) is 527 cm³/mol. The molecule has 1 aliphatic heterocycles. The first-order valence-electron chi connectivity index (χ1n) is 45.7. The molecule has 45 N–H and O–H groups in total. The Morgan fingerprint density at radius 1 is 0.460 bits per heavy atom. The van der Waals surface area contributed by atoms with Crippen molar-refractivity contribution in [3.05, 3.63) is 108 Å². The number of rotatable bonds is 47. The molecule has 1 aliphatic rings. The highest BCUT2D eigenvalue weighted by Gasteiger charge is 2.39. The quantitative estimate of drug-likeness (QED) is 0.00644. The zero-order chi connectivity index (χ0) is 102. The Hall–Kier alpha value is -14.1. The van der Waals surface area contributed by atoms with Gasteiger partial charge in [0.2, 0.25) is 70.9 Å². The van der Waals surface area contributed by atoms with Crippen LogP contribution in [0, 0.1) is 27.6 Å². The standard InChI is InChI=1S/C87H139N33O17S2/c1-48-24-29-52(14-4-6-34-88)109-71(125)58(18-5-7-35-89)111-72(126)60(20-10-38-104-84(95)96)114-77(131)65(43-50-27-32-54(122)33-28-50)117-80(134)68(120-78(132)66(44-51-45-108-57-17-3-2-15-55(51)57)118-74(128)59(19-9-37-103-83(93)94)110-70(124)56(90)16-8-36-102-82(91)92)47-139-138-46-67(79(133)115-63(81(135)136)23-13-40-106-86(99)100)119-75(129)62(22-12-41-107-87(101)137)112-73(127)61(21-11-39-105-85(97)98)113-76(130)64(116-69(48)123)42-49-25-30-53(121)31-26-49/h2-3,15,17,24-33,45,48,52,56,58-68,108,121-122H,4-14,16,18-23,34-44,46-47,88-90H2,1H3,(H,109,125)(H,110,124)(H,111,126)(H,112,127)(H,113,130)(H,114,131)(H,115,133)(H,116,123)(H,117,134)(H,118,128)(H,119,129)(H,120,132)(H,135,136)(H4,91,92,102)(H4,93,94,103)(H4,95,96,104)(H4,97,98,105)(H4,99,100,106)(H3,101,107,137)/t48-,52+,56-,58-,59-,60+,61+,62?,63-,64-,65-,66-,67-,68-/m0/s1. The maximum Gasteiger partial charge on any atom is 0.326 e. The first-order valence-corrected chi connectivity index (χ1v) is 48.2. The number of benzene rings is 3. The van der Waals surface area contributed by atoms with Crippen molar-refractivity contribution in [3.63, 3.8) is 0 Å². The molecule has 5 rings (SSSR count). The Bertz CT molecular complexity index is 4800. The molecule has 0 spiro atoms. The highest BCUT2D eigenvalue weighted by atomic mass is 33.1. The fraction of sp³-hybridized carbons (Fsp3) is 0.529. The van der Waals surface area contributed by atoms with Crippen LogP contribution in [0.2, 0.25) is 0 Å². The normalized spacial score (nSPS) is 19.9. The van der Waals surface area contributed by atoms with Crippen molar-refractivity contribution in [1.29, 1.82) is 21.6 Å². The lowest BCUT2D eigenvalue weighted by Gasteiger charge is -2.28. The van der Waals surface area contributed by atoms with E-state index in [-0.39, 0.29) is 179 Å². The van der Waals surface area contributed by atoms with E-state index in [2.05, 4.69) is 100 Å². The number of unbranched alkanes of at least 4 members (excludes halogenated alkanes) is 2. The lowest BCUT2D eigenvalue weighted by molar-refractivity contribution is -0.142. The predicted octanol–water partition coefficient (Wildman–Crippen LogP) is -5.76. The maximum atomic E-state index is 16.0. The van der Waals surface area contributed by atoms with Crippen molar-refractivity contribution < 1.29 is 82.4 Å². The summed E-state index contributed by atoms with van der Waals surface area (Å²) in [6.07, 6.45) is 4.13. The Kier molecular flexibility index (Phi) is 51.9. The molecule has 50 nitrogen and oxygen atoms in total. The zero-order valence-corrected chi connectivity index (χ0v) is 79.4. The van der Waals surface area contributed by atoms with Crippen LogP contribution < -0.4 is 148 Å². The number of nitrogens with one attached hydrogen (secondary N) is 22. The Morgan fingerprint density at radius 2 is 0.899 bits per heavy atom. The van der Waals surface area contributed by atoms with Crippen LogP contribution in [0.3, 0.4) is 0 Å². The van der Waals surface area contributed by atoms with E-state index in [0.717, 1.165) is 21.6 Å². The van der Waals surface area contributed by atoms with Crippen molar-refractivity contribution in [2.24, 2.45) is 68.2 Å². The second-order valence-corrected chi connectivity index (χ2v) is 35.7. The van der Waals surface area contributed by atoms with E-state index in [0.29, 0.717) is 46.9 Å². The SMILES string of the molecule is C[C@H]1C=C[C@@H](CCCCN)NC(=O)[C@H](CCCCN)NC(=O)[C@@H](CCCNC(=N)N)NC(=O)[C@H](Cc2ccc(O)cc2)NC(=O)[C@@H](NC(=O)[C@H](Cc2c[nH]c3ccccc23)NC(=O)[C@H](CCCNC(=N)N)NC(=O)[C@@H](N)CCCN=C(N)N)CSSC[C@@H](C(=O)N[C@@H](CCCNC(=N)N)C(=O)O)NC(=O)C(CCCNC(N)=O)NC(=O)[C@@H](CCCNC(=N)N)NC(=O)[C@H](Cc2ccc(O)cc2)NC1=O. The number of H-pyrrole nitrogens is 1. The summed E-state index contributed by atoms with van der Waals surface area (Å²) in [5.74, 6) is -17.9. The molecule has 0 radical (unpaired) electrons. The smallest absolute Gasteiger partial charge is 0.326 e. The van der Waals surface area contributed by atoms with Crippen molar-refractivity contribution in [2.45, 2.75) is 220 Å². The van der Waals surface area contributed by atoms with Gasteiger partial charge in [0.15, 0.2) is 29.8 Å². The van der Waals surface area contributed by atoms with Crippen LogP contribution in [-0.2, 0) is 81.6 Å². The number of nitrogens with two attached hydrogens (primary N) is 10. The number of phenolic OH excluding ortho intramolecular Hbond substituents is 2. The second-order valence-electron chi connectivity index (χ2n) is 33.2. The summed E-state index contributed by atoms with van der Waals surface area (Å²) in [4.78, 5) is 215. The van der Waals surface area contributed by atoms with Crippen LogP contribution in [0.1, 0.15) is 139 Å². The molecule has 14 atom stereocenters. The van der Waals surface area contributed by atoms with Crippen molar-refractivity contribution >= 4 is 145 Å². The van der Waals surface area contributed by atoms with E-state index in [9.17, 15) is 34.5 Å². The topological polar surface area (TPSA) is 888 Å². The average Bonchev–Trinajstić information content (AvgIpc) is 1.68. The van der Waals surface area contributed by atoms with Crippen LogP contribution in [0.25, 0.3) is 10.9 Å². The number of aromatic amines is 1. The Labute approximate surface area is 812 Å². The highest BCUT2D eigenvalue weighted by Crippen LogP contribution is 2.26. The van der Waals surface area contributed by atoms with Crippen LogP contribution in [0.4, 0.5) is 4.79 Å². The molecule has 139 heavy (non-hydrogen) atoms. The van der Waals surface area contributed by atoms with Gasteiger partial charge in [-0.15, -0.1) is 0 Å². The number of amides is 14. The lowest BCUT2D eigenvalue weighted by Crippen LogP contribution is -2.61.